The summed E-state index contributed by atoms with van der Waals surface area (Å²) < 4.78 is 5.28. The van der Waals surface area contributed by atoms with Gasteiger partial charge in [-0.1, -0.05) is 38.1 Å². The molecule has 1 aromatic carbocycles. The van der Waals surface area contributed by atoms with Crippen LogP contribution in [0.15, 0.2) is 28.8 Å². The van der Waals surface area contributed by atoms with Crippen LogP contribution in [0.25, 0.3) is 0 Å². The summed E-state index contributed by atoms with van der Waals surface area (Å²) in [6, 6.07) is 7.23. The molecule has 1 aliphatic heterocycles. The Bertz CT molecular complexity index is 784. The fourth-order valence-corrected chi connectivity index (χ4v) is 2.90. The summed E-state index contributed by atoms with van der Waals surface area (Å²) in [7, 11) is 0. The van der Waals surface area contributed by atoms with Crippen molar-refractivity contribution in [3.05, 3.63) is 46.8 Å². The van der Waals surface area contributed by atoms with Crippen LogP contribution in [-0.2, 0) is 5.41 Å². The summed E-state index contributed by atoms with van der Waals surface area (Å²) >= 11 is 0. The van der Waals surface area contributed by atoms with Crippen LogP contribution in [0, 0.1) is 6.92 Å². The molecule has 0 spiro atoms. The molecule has 2 heterocycles. The smallest absolute Gasteiger partial charge is 0.263 e. The molecule has 0 aliphatic carbocycles. The molecule has 1 aliphatic rings. The number of hydrogen-bond acceptors (Lipinski definition) is 4. The molecule has 0 saturated heterocycles. The average Bonchev–Trinajstić information content (AvgIpc) is 2.89. The topological polar surface area (TPSA) is 63.4 Å². The van der Waals surface area contributed by atoms with E-state index in [4.69, 9.17) is 4.52 Å². The molecule has 2 aromatic rings. The van der Waals surface area contributed by atoms with E-state index in [0.29, 0.717) is 41.2 Å². The number of carbonyl (C=O) groups is 2. The molecular weight excluding hydrogens is 292 g/mol. The molecule has 1 amide bonds. The predicted octanol–water partition coefficient (Wildman–Crippen LogP) is 3.51. The van der Waals surface area contributed by atoms with Gasteiger partial charge in [-0.15, -0.1) is 0 Å². The van der Waals surface area contributed by atoms with E-state index in [2.05, 4.69) is 5.16 Å². The van der Waals surface area contributed by atoms with Crippen molar-refractivity contribution in [1.82, 2.24) is 5.16 Å². The van der Waals surface area contributed by atoms with Crippen molar-refractivity contribution in [2.75, 3.05) is 11.4 Å². The monoisotopic (exact) mass is 312 g/mol. The number of benzene rings is 1. The zero-order valence-corrected chi connectivity index (χ0v) is 13.8. The van der Waals surface area contributed by atoms with Crippen LogP contribution >= 0.6 is 0 Å². The van der Waals surface area contributed by atoms with Crippen LogP contribution in [0.4, 0.5) is 5.69 Å². The van der Waals surface area contributed by atoms with Gasteiger partial charge in [-0.3, -0.25) is 9.59 Å². The van der Waals surface area contributed by atoms with Crippen LogP contribution in [-0.4, -0.2) is 23.4 Å². The van der Waals surface area contributed by atoms with Crippen molar-refractivity contribution in [3.8, 4) is 0 Å². The molecule has 0 N–H and O–H groups in total. The maximum absolute atomic E-state index is 13.1. The minimum absolute atomic E-state index is 0.0720. The lowest BCUT2D eigenvalue weighted by molar-refractivity contribution is 0.0953. The molecule has 5 nitrogen and oxygen atoms in total. The molecule has 0 atom stereocenters. The van der Waals surface area contributed by atoms with E-state index < -0.39 is 0 Å². The number of hydrogen-bond donors (Lipinski definition) is 0. The Balaban J connectivity index is 2.08. The zero-order chi connectivity index (χ0) is 16.8. The van der Waals surface area contributed by atoms with E-state index in [-0.39, 0.29) is 17.1 Å². The molecule has 0 unspecified atom stereocenters. The second-order valence-corrected chi connectivity index (χ2v) is 6.86. The molecular formula is C18H20N2O3. The molecule has 0 radical (unpaired) electrons. The Labute approximate surface area is 135 Å². The van der Waals surface area contributed by atoms with Gasteiger partial charge in [0.05, 0.1) is 5.69 Å². The molecule has 23 heavy (non-hydrogen) atoms. The van der Waals surface area contributed by atoms with Crippen molar-refractivity contribution in [3.63, 3.8) is 0 Å². The number of fused-ring (bicyclic) bond motifs is 1. The molecule has 1 aromatic heterocycles. The standard InChI is InChI=1S/C18H20N2O3/c1-11-15(16(19-23-11)18(2,3)4)17(22)20-10-9-14(21)12-7-5-6-8-13(12)20/h5-8H,9-10H2,1-4H3. The Morgan fingerprint density at radius 2 is 1.96 bits per heavy atom. The van der Waals surface area contributed by atoms with Gasteiger partial charge in [-0.2, -0.15) is 0 Å². The van der Waals surface area contributed by atoms with Crippen molar-refractivity contribution in [2.24, 2.45) is 0 Å². The number of carbonyl (C=O) groups excluding carboxylic acids is 2. The number of aryl methyl sites for hydroxylation is 1. The highest BCUT2D eigenvalue weighted by molar-refractivity contribution is 6.14. The van der Waals surface area contributed by atoms with Crippen molar-refractivity contribution < 1.29 is 14.1 Å². The third-order valence-electron chi connectivity index (χ3n) is 4.09. The van der Waals surface area contributed by atoms with Gasteiger partial charge in [-0.25, -0.2) is 0 Å². The second kappa shape index (κ2) is 5.33. The van der Waals surface area contributed by atoms with Gasteiger partial charge < -0.3 is 9.42 Å². The largest absolute Gasteiger partial charge is 0.361 e. The van der Waals surface area contributed by atoms with Crippen molar-refractivity contribution >= 4 is 17.4 Å². The highest BCUT2D eigenvalue weighted by atomic mass is 16.5. The van der Waals surface area contributed by atoms with Crippen LogP contribution in [0.3, 0.4) is 0 Å². The summed E-state index contributed by atoms with van der Waals surface area (Å²) in [4.78, 5) is 26.9. The Kier molecular flexibility index (Phi) is 3.59. The van der Waals surface area contributed by atoms with E-state index in [9.17, 15) is 9.59 Å². The summed E-state index contributed by atoms with van der Waals surface area (Å²) in [6.07, 6.45) is 0.331. The summed E-state index contributed by atoms with van der Waals surface area (Å²) in [5, 5.41) is 4.08. The van der Waals surface area contributed by atoms with E-state index in [1.165, 1.54) is 0 Å². The second-order valence-electron chi connectivity index (χ2n) is 6.86. The van der Waals surface area contributed by atoms with Crippen molar-refractivity contribution in [1.29, 1.82) is 0 Å². The number of anilines is 1. The maximum atomic E-state index is 13.1. The molecule has 120 valence electrons. The maximum Gasteiger partial charge on any atom is 0.263 e. The molecule has 5 heteroatoms. The summed E-state index contributed by atoms with van der Waals surface area (Å²) in [5.41, 5.74) is 2.11. The molecule has 0 bridgehead atoms. The zero-order valence-electron chi connectivity index (χ0n) is 13.8. The van der Waals surface area contributed by atoms with Gasteiger partial charge in [0.2, 0.25) is 0 Å². The van der Waals surface area contributed by atoms with Crippen LogP contribution in [0.1, 0.15) is 59.4 Å². The molecule has 0 fully saturated rings. The highest BCUT2D eigenvalue weighted by Gasteiger charge is 2.34. The average molecular weight is 312 g/mol. The lowest BCUT2D eigenvalue weighted by Gasteiger charge is -2.29. The Hall–Kier alpha value is -2.43. The first-order valence-electron chi connectivity index (χ1n) is 7.71. The number of para-hydroxylation sites is 1. The normalized spacial score (nSPS) is 14.8. The number of Topliss-reactive ketones (excluding diaryl/α,β-unsaturated/α-hetero) is 1. The lowest BCUT2D eigenvalue weighted by atomic mass is 9.88. The van der Waals surface area contributed by atoms with E-state index in [0.717, 1.165) is 0 Å². The van der Waals surface area contributed by atoms with Gasteiger partial charge in [0.15, 0.2) is 5.78 Å². The highest BCUT2D eigenvalue weighted by Crippen LogP contribution is 2.32. The van der Waals surface area contributed by atoms with Crippen LogP contribution < -0.4 is 4.90 Å². The Morgan fingerprint density at radius 3 is 2.65 bits per heavy atom. The molecule has 3 rings (SSSR count). The number of rotatable bonds is 1. The third-order valence-corrected chi connectivity index (χ3v) is 4.09. The first-order chi connectivity index (χ1) is 10.8. The third kappa shape index (κ3) is 2.56. The van der Waals surface area contributed by atoms with Crippen molar-refractivity contribution in [2.45, 2.75) is 39.5 Å². The van der Waals surface area contributed by atoms with E-state index >= 15 is 0 Å². The molecule has 0 saturated carbocycles. The quantitative estimate of drug-likeness (QED) is 0.808. The fourth-order valence-electron chi connectivity index (χ4n) is 2.90. The van der Waals surface area contributed by atoms with E-state index in [1.807, 2.05) is 39.0 Å². The number of nitrogens with zero attached hydrogens (tertiary/aromatic N) is 2. The van der Waals surface area contributed by atoms with Gasteiger partial charge in [0.1, 0.15) is 17.0 Å². The Morgan fingerprint density at radius 1 is 1.26 bits per heavy atom. The van der Waals surface area contributed by atoms with Gasteiger partial charge in [0, 0.05) is 23.9 Å². The van der Waals surface area contributed by atoms with Crippen LogP contribution in [0.2, 0.25) is 0 Å². The predicted molar refractivity (Wildman–Crippen MR) is 87.0 cm³/mol. The number of ketones is 1. The fraction of sp³-hybridized carbons (Fsp3) is 0.389. The number of aromatic nitrogens is 1. The SMILES string of the molecule is Cc1onc(C(C)(C)C)c1C(=O)N1CCC(=O)c2ccccc21. The summed E-state index contributed by atoms with van der Waals surface area (Å²) in [5.74, 6) is 0.422. The first kappa shape index (κ1) is 15.5. The van der Waals surface area contributed by atoms with Gasteiger partial charge in [0.25, 0.3) is 5.91 Å². The van der Waals surface area contributed by atoms with Gasteiger partial charge >= 0.3 is 0 Å². The van der Waals surface area contributed by atoms with Crippen LogP contribution in [0.5, 0.6) is 0 Å². The first-order valence-corrected chi connectivity index (χ1v) is 7.71. The van der Waals surface area contributed by atoms with Gasteiger partial charge in [-0.05, 0) is 19.1 Å². The summed E-state index contributed by atoms with van der Waals surface area (Å²) in [6.45, 7) is 8.11. The lowest BCUT2D eigenvalue weighted by Crippen LogP contribution is -2.38. The van der Waals surface area contributed by atoms with E-state index in [1.54, 1.807) is 17.9 Å². The minimum atomic E-state index is -0.298. The number of amides is 1. The minimum Gasteiger partial charge on any atom is -0.361 e.